The summed E-state index contributed by atoms with van der Waals surface area (Å²) in [6.07, 6.45) is 0.125. The van der Waals surface area contributed by atoms with Crippen LogP contribution in [0.2, 0.25) is 5.02 Å². The Labute approximate surface area is 158 Å². The van der Waals surface area contributed by atoms with Crippen LogP contribution in [0.15, 0.2) is 48.5 Å². The fourth-order valence-electron chi connectivity index (χ4n) is 2.62. The average Bonchev–Trinajstić information content (AvgIpc) is 2.96. The fourth-order valence-corrected chi connectivity index (χ4v) is 6.84. The van der Waals surface area contributed by atoms with Gasteiger partial charge in [0.05, 0.1) is 16.8 Å². The van der Waals surface area contributed by atoms with Crippen molar-refractivity contribution < 1.29 is 21.6 Å². The zero-order valence-corrected chi connectivity index (χ0v) is 16.1. The lowest BCUT2D eigenvalue weighted by atomic mass is 10.2. The number of benzene rings is 2. The van der Waals surface area contributed by atoms with Crippen LogP contribution < -0.4 is 9.46 Å². The second kappa shape index (κ2) is 7.46. The molecule has 0 aromatic heterocycles. The Morgan fingerprint density at radius 3 is 2.31 bits per heavy atom. The van der Waals surface area contributed by atoms with Gasteiger partial charge >= 0.3 is 0 Å². The highest BCUT2D eigenvalue weighted by atomic mass is 35.5. The Morgan fingerprint density at radius 1 is 1.08 bits per heavy atom. The summed E-state index contributed by atoms with van der Waals surface area (Å²) in [5, 5.41) is -0.256. The molecule has 0 amide bonds. The molecule has 9 heteroatoms. The second-order valence-electron chi connectivity index (χ2n) is 6.11. The van der Waals surface area contributed by atoms with E-state index < -0.39 is 25.1 Å². The molecule has 0 radical (unpaired) electrons. The van der Waals surface area contributed by atoms with Gasteiger partial charge in [-0.2, -0.15) is 0 Å². The summed E-state index contributed by atoms with van der Waals surface area (Å²) >= 11 is 5.83. The van der Waals surface area contributed by atoms with Gasteiger partial charge in [-0.1, -0.05) is 23.7 Å². The van der Waals surface area contributed by atoms with Gasteiger partial charge in [0.25, 0.3) is 0 Å². The van der Waals surface area contributed by atoms with Gasteiger partial charge in [-0.3, -0.25) is 4.72 Å². The van der Waals surface area contributed by atoms with E-state index in [1.807, 2.05) is 12.1 Å². The zero-order valence-electron chi connectivity index (χ0n) is 13.8. The van der Waals surface area contributed by atoms with Crippen LogP contribution in [-0.4, -0.2) is 33.6 Å². The van der Waals surface area contributed by atoms with Gasteiger partial charge in [0.15, 0.2) is 9.84 Å². The summed E-state index contributed by atoms with van der Waals surface area (Å²) < 4.78 is 55.6. The van der Waals surface area contributed by atoms with Crippen LogP contribution in [-0.2, 0) is 26.5 Å². The van der Waals surface area contributed by atoms with Crippen molar-refractivity contribution in [2.45, 2.75) is 18.3 Å². The number of nitrogens with one attached hydrogen (secondary N) is 1. The number of rotatable bonds is 6. The maximum absolute atomic E-state index is 12.3. The minimum absolute atomic E-state index is 0.0872. The number of hydrogen-bond donors (Lipinski definition) is 1. The highest BCUT2D eigenvalue weighted by molar-refractivity contribution is 7.97. The molecule has 1 unspecified atom stereocenters. The van der Waals surface area contributed by atoms with Crippen LogP contribution in [0.25, 0.3) is 0 Å². The van der Waals surface area contributed by atoms with Crippen LogP contribution in [0, 0.1) is 0 Å². The van der Waals surface area contributed by atoms with Gasteiger partial charge in [0.2, 0.25) is 10.0 Å². The van der Waals surface area contributed by atoms with Crippen LogP contribution in [0.1, 0.15) is 12.0 Å². The molecule has 1 fully saturated rings. The maximum Gasteiger partial charge on any atom is 0.236 e. The predicted octanol–water partition coefficient (Wildman–Crippen LogP) is 2.85. The molecule has 26 heavy (non-hydrogen) atoms. The number of ether oxygens (including phenoxy) is 1. The van der Waals surface area contributed by atoms with Gasteiger partial charge in [0.1, 0.15) is 12.4 Å². The molecule has 0 saturated carbocycles. The summed E-state index contributed by atoms with van der Waals surface area (Å²) in [5.41, 5.74) is 1.33. The monoisotopic (exact) mass is 415 g/mol. The van der Waals surface area contributed by atoms with Gasteiger partial charge in [0, 0.05) is 10.7 Å². The minimum atomic E-state index is -3.74. The summed E-state index contributed by atoms with van der Waals surface area (Å²) in [7, 11) is -7.00. The topological polar surface area (TPSA) is 89.5 Å². The van der Waals surface area contributed by atoms with E-state index in [1.165, 1.54) is 0 Å². The predicted molar refractivity (Wildman–Crippen MR) is 102 cm³/mol. The highest BCUT2D eigenvalue weighted by Crippen LogP contribution is 2.23. The molecular formula is C17H18ClNO5S2. The quantitative estimate of drug-likeness (QED) is 0.783. The van der Waals surface area contributed by atoms with Crippen molar-refractivity contribution in [3.05, 3.63) is 59.1 Å². The first-order valence-electron chi connectivity index (χ1n) is 7.93. The van der Waals surface area contributed by atoms with Gasteiger partial charge in [-0.05, 0) is 48.4 Å². The van der Waals surface area contributed by atoms with Crippen molar-refractivity contribution in [2.75, 3.05) is 16.2 Å². The molecule has 1 atom stereocenters. The molecule has 0 spiro atoms. The Kier molecular flexibility index (Phi) is 5.45. The second-order valence-corrected chi connectivity index (χ2v) is 10.7. The lowest BCUT2D eigenvalue weighted by Gasteiger charge is -2.13. The maximum atomic E-state index is 12.3. The Balaban J connectivity index is 1.59. The largest absolute Gasteiger partial charge is 0.489 e. The summed E-state index contributed by atoms with van der Waals surface area (Å²) in [6.45, 7) is 0.363. The van der Waals surface area contributed by atoms with E-state index in [9.17, 15) is 16.8 Å². The first-order chi connectivity index (χ1) is 12.2. The molecule has 2 aromatic rings. The molecule has 140 valence electrons. The SMILES string of the molecule is O=S1(=O)CCC(S(=O)(=O)Nc2ccc(OCc3ccc(Cl)cc3)cc2)C1. The fraction of sp³-hybridized carbons (Fsp3) is 0.294. The van der Waals surface area contributed by atoms with Crippen LogP contribution in [0.3, 0.4) is 0 Å². The molecule has 1 heterocycles. The number of anilines is 1. The van der Waals surface area contributed by atoms with Crippen LogP contribution >= 0.6 is 11.6 Å². The first kappa shape index (κ1) is 19.0. The van der Waals surface area contributed by atoms with E-state index in [2.05, 4.69) is 4.72 Å². The van der Waals surface area contributed by atoms with Gasteiger partial charge in [-0.25, -0.2) is 16.8 Å². The van der Waals surface area contributed by atoms with E-state index in [-0.39, 0.29) is 17.9 Å². The lowest BCUT2D eigenvalue weighted by Crippen LogP contribution is -2.28. The molecule has 1 N–H and O–H groups in total. The van der Waals surface area contributed by atoms with Gasteiger partial charge in [-0.15, -0.1) is 0 Å². The number of halogens is 1. The minimum Gasteiger partial charge on any atom is -0.489 e. The van der Waals surface area contributed by atoms with Crippen molar-refractivity contribution in [3.63, 3.8) is 0 Å². The summed E-state index contributed by atoms with van der Waals surface area (Å²) in [5.74, 6) is 0.173. The van der Waals surface area contributed by atoms with Crippen molar-refractivity contribution in [3.8, 4) is 5.75 Å². The van der Waals surface area contributed by atoms with E-state index in [0.717, 1.165) is 5.56 Å². The van der Waals surface area contributed by atoms with Crippen LogP contribution in [0.4, 0.5) is 5.69 Å². The van der Waals surface area contributed by atoms with Crippen molar-refractivity contribution in [1.29, 1.82) is 0 Å². The van der Waals surface area contributed by atoms with Crippen molar-refractivity contribution in [1.82, 2.24) is 0 Å². The number of sulfonamides is 1. The van der Waals surface area contributed by atoms with E-state index in [0.29, 0.717) is 23.1 Å². The number of hydrogen-bond acceptors (Lipinski definition) is 5. The molecule has 1 aliphatic rings. The molecule has 2 aromatic carbocycles. The smallest absolute Gasteiger partial charge is 0.236 e. The third-order valence-corrected chi connectivity index (χ3v) is 8.09. The lowest BCUT2D eigenvalue weighted by molar-refractivity contribution is 0.306. The summed E-state index contributed by atoms with van der Waals surface area (Å²) in [6, 6.07) is 13.7. The molecule has 1 saturated heterocycles. The third-order valence-electron chi connectivity index (χ3n) is 4.06. The zero-order chi connectivity index (χ0) is 18.8. The molecular weight excluding hydrogens is 398 g/mol. The Bertz CT molecular complexity index is 971. The average molecular weight is 416 g/mol. The summed E-state index contributed by atoms with van der Waals surface area (Å²) in [4.78, 5) is 0. The molecule has 1 aliphatic heterocycles. The molecule has 3 rings (SSSR count). The van der Waals surface area contributed by atoms with Crippen molar-refractivity contribution in [2.24, 2.45) is 0 Å². The van der Waals surface area contributed by atoms with E-state index in [1.54, 1.807) is 36.4 Å². The van der Waals surface area contributed by atoms with E-state index in [4.69, 9.17) is 16.3 Å². The first-order valence-corrected chi connectivity index (χ1v) is 11.7. The standard InChI is InChI=1S/C17H18ClNO5S2/c18-14-3-1-13(2-4-14)11-24-16-7-5-15(6-8-16)19-26(22,23)17-9-10-25(20,21)12-17/h1-8,17,19H,9-12H2. The highest BCUT2D eigenvalue weighted by Gasteiger charge is 2.37. The molecule has 6 nitrogen and oxygen atoms in total. The van der Waals surface area contributed by atoms with E-state index >= 15 is 0 Å². The Morgan fingerprint density at radius 2 is 1.73 bits per heavy atom. The van der Waals surface area contributed by atoms with Crippen molar-refractivity contribution >= 4 is 37.1 Å². The third kappa shape index (κ3) is 4.90. The van der Waals surface area contributed by atoms with Gasteiger partial charge < -0.3 is 4.74 Å². The molecule has 0 bridgehead atoms. The Hall–Kier alpha value is -1.77. The normalized spacial score (nSPS) is 19.2. The molecule has 0 aliphatic carbocycles. The van der Waals surface area contributed by atoms with Crippen LogP contribution in [0.5, 0.6) is 5.75 Å². The number of sulfone groups is 1.